The molecule has 36 heavy (non-hydrogen) atoms. The molecule has 1 saturated heterocycles. The van der Waals surface area contributed by atoms with Crippen molar-refractivity contribution >= 4 is 34.7 Å². The van der Waals surface area contributed by atoms with Gasteiger partial charge in [-0.15, -0.1) is 0 Å². The average molecular weight is 508 g/mol. The van der Waals surface area contributed by atoms with Crippen LogP contribution in [0.3, 0.4) is 0 Å². The van der Waals surface area contributed by atoms with E-state index in [1.54, 1.807) is 6.07 Å². The van der Waals surface area contributed by atoms with Gasteiger partial charge in [-0.25, -0.2) is 4.72 Å². The number of esters is 1. The third-order valence-electron chi connectivity index (χ3n) is 6.82. The SMILES string of the molecule is COC(=O)CCCC1CCCN(C(=O)C(CCn2cccc2C#N)NSc2cccc3[nH]ccc23)C1. The van der Waals surface area contributed by atoms with Crippen LogP contribution >= 0.6 is 11.9 Å². The molecule has 2 atom stereocenters. The quantitative estimate of drug-likeness (QED) is 0.293. The minimum Gasteiger partial charge on any atom is -0.469 e. The topological polar surface area (TPSA) is 103 Å². The molecule has 0 aliphatic carbocycles. The first kappa shape index (κ1) is 25.9. The monoisotopic (exact) mass is 507 g/mol. The third-order valence-corrected chi connectivity index (χ3v) is 7.80. The van der Waals surface area contributed by atoms with E-state index in [2.05, 4.69) is 15.8 Å². The number of carbonyl (C=O) groups is 2. The van der Waals surface area contributed by atoms with Crippen molar-refractivity contribution in [2.24, 2.45) is 5.92 Å². The molecular formula is C27H33N5O3S. The van der Waals surface area contributed by atoms with Crippen LogP contribution in [-0.4, -0.2) is 52.6 Å². The summed E-state index contributed by atoms with van der Waals surface area (Å²) in [4.78, 5) is 31.4. The lowest BCUT2D eigenvalue weighted by Gasteiger charge is -2.35. The second kappa shape index (κ2) is 12.7. The molecule has 0 saturated carbocycles. The molecule has 8 nitrogen and oxygen atoms in total. The minimum absolute atomic E-state index is 0.0899. The van der Waals surface area contributed by atoms with Gasteiger partial charge in [0.1, 0.15) is 11.8 Å². The van der Waals surface area contributed by atoms with Crippen molar-refractivity contribution in [3.05, 3.63) is 54.5 Å². The number of fused-ring (bicyclic) bond motifs is 1. The number of aromatic amines is 1. The van der Waals surface area contributed by atoms with Gasteiger partial charge in [0.25, 0.3) is 0 Å². The fourth-order valence-corrected chi connectivity index (χ4v) is 5.77. The van der Waals surface area contributed by atoms with E-state index >= 15 is 0 Å². The summed E-state index contributed by atoms with van der Waals surface area (Å²) in [5, 5.41) is 10.5. The van der Waals surface area contributed by atoms with E-state index in [-0.39, 0.29) is 11.9 Å². The van der Waals surface area contributed by atoms with Gasteiger partial charge in [0.15, 0.2) is 0 Å². The van der Waals surface area contributed by atoms with E-state index in [9.17, 15) is 14.9 Å². The second-order valence-corrected chi connectivity index (χ2v) is 10.1. The van der Waals surface area contributed by atoms with E-state index in [0.717, 1.165) is 48.0 Å². The van der Waals surface area contributed by atoms with Crippen LogP contribution in [0.5, 0.6) is 0 Å². The Bertz CT molecular complexity index is 1210. The van der Waals surface area contributed by atoms with Crippen LogP contribution in [0, 0.1) is 17.2 Å². The number of nitrogens with one attached hydrogen (secondary N) is 2. The molecule has 190 valence electrons. The van der Waals surface area contributed by atoms with Gasteiger partial charge in [0.2, 0.25) is 5.91 Å². The summed E-state index contributed by atoms with van der Waals surface area (Å²) in [6, 6.07) is 13.6. The molecule has 1 aliphatic rings. The van der Waals surface area contributed by atoms with E-state index in [1.807, 2.05) is 52.2 Å². The number of ether oxygens (including phenoxy) is 1. The number of nitriles is 1. The zero-order valence-corrected chi connectivity index (χ0v) is 21.4. The Morgan fingerprint density at radius 1 is 1.31 bits per heavy atom. The highest BCUT2D eigenvalue weighted by Crippen LogP contribution is 2.27. The lowest BCUT2D eigenvalue weighted by molar-refractivity contribution is -0.141. The van der Waals surface area contributed by atoms with Gasteiger partial charge < -0.3 is 19.2 Å². The molecule has 0 spiro atoms. The Morgan fingerprint density at radius 3 is 3.03 bits per heavy atom. The van der Waals surface area contributed by atoms with E-state index in [4.69, 9.17) is 4.74 Å². The number of methoxy groups -OCH3 is 1. The number of benzene rings is 1. The Labute approximate surface area is 216 Å². The Morgan fingerprint density at radius 2 is 2.19 bits per heavy atom. The molecule has 1 fully saturated rings. The van der Waals surface area contributed by atoms with Gasteiger partial charge in [-0.3, -0.25) is 9.59 Å². The molecule has 3 heterocycles. The molecule has 0 bridgehead atoms. The van der Waals surface area contributed by atoms with Crippen molar-refractivity contribution < 1.29 is 14.3 Å². The van der Waals surface area contributed by atoms with Crippen LogP contribution in [0.1, 0.15) is 44.2 Å². The number of nitrogens with zero attached hydrogens (tertiary/aromatic N) is 3. The largest absolute Gasteiger partial charge is 0.469 e. The average Bonchev–Trinajstić information content (AvgIpc) is 3.58. The molecule has 0 radical (unpaired) electrons. The summed E-state index contributed by atoms with van der Waals surface area (Å²) in [6.07, 6.45) is 8.52. The van der Waals surface area contributed by atoms with Crippen LogP contribution in [0.2, 0.25) is 0 Å². The van der Waals surface area contributed by atoms with E-state index in [1.165, 1.54) is 19.1 Å². The summed E-state index contributed by atoms with van der Waals surface area (Å²) in [6.45, 7) is 2.03. The smallest absolute Gasteiger partial charge is 0.305 e. The van der Waals surface area contributed by atoms with Gasteiger partial charge >= 0.3 is 5.97 Å². The van der Waals surface area contributed by atoms with Crippen LogP contribution in [0.4, 0.5) is 0 Å². The van der Waals surface area contributed by atoms with E-state index in [0.29, 0.717) is 37.5 Å². The predicted octanol–water partition coefficient (Wildman–Crippen LogP) is 4.48. The maximum Gasteiger partial charge on any atom is 0.305 e. The maximum atomic E-state index is 13.7. The van der Waals surface area contributed by atoms with Crippen LogP contribution in [0.25, 0.3) is 10.9 Å². The first-order chi connectivity index (χ1) is 17.6. The number of aromatic nitrogens is 2. The van der Waals surface area contributed by atoms with Crippen molar-refractivity contribution in [2.45, 2.75) is 56.0 Å². The van der Waals surface area contributed by atoms with Crippen molar-refractivity contribution in [3.63, 3.8) is 0 Å². The van der Waals surface area contributed by atoms with E-state index < -0.39 is 6.04 Å². The minimum atomic E-state index is -0.396. The normalized spacial score (nSPS) is 16.6. The standard InChI is InChI=1S/C27H33N5O3S/c1-35-26(33)11-2-6-20-7-4-16-32(19-20)27(34)24(13-17-31-15-5-8-21(31)18-28)30-36-25-10-3-9-23-22(25)12-14-29-23/h3,5,8-10,12,14-15,20,24,29-30H,2,4,6-7,11,13,16-17,19H2,1H3. The number of amides is 1. The van der Waals surface area contributed by atoms with Crippen molar-refractivity contribution in [2.75, 3.05) is 20.2 Å². The number of aryl methyl sites for hydroxylation is 1. The summed E-state index contributed by atoms with van der Waals surface area (Å²) in [5.74, 6) is 0.301. The lowest BCUT2D eigenvalue weighted by Crippen LogP contribution is -2.48. The Balaban J connectivity index is 1.42. The fourth-order valence-electron chi connectivity index (χ4n) is 4.85. The van der Waals surface area contributed by atoms with Gasteiger partial charge in [-0.05, 0) is 80.3 Å². The fraction of sp³-hybridized carbons (Fsp3) is 0.444. The molecule has 4 rings (SSSR count). The Kier molecular flexibility index (Phi) is 9.09. The molecule has 1 aliphatic heterocycles. The molecular weight excluding hydrogens is 474 g/mol. The molecule has 9 heteroatoms. The summed E-state index contributed by atoms with van der Waals surface area (Å²) in [7, 11) is 1.41. The zero-order valence-electron chi connectivity index (χ0n) is 20.6. The molecule has 2 N–H and O–H groups in total. The maximum absolute atomic E-state index is 13.7. The summed E-state index contributed by atoms with van der Waals surface area (Å²) in [5.41, 5.74) is 1.65. The van der Waals surface area contributed by atoms with Gasteiger partial charge in [0.05, 0.1) is 13.2 Å². The highest BCUT2D eigenvalue weighted by Gasteiger charge is 2.29. The number of carbonyl (C=O) groups excluding carboxylic acids is 2. The number of hydrogen-bond donors (Lipinski definition) is 2. The van der Waals surface area contributed by atoms with Crippen LogP contribution in [-0.2, 0) is 20.9 Å². The van der Waals surface area contributed by atoms with Gasteiger partial charge in [-0.2, -0.15) is 5.26 Å². The number of H-pyrrole nitrogens is 1. The predicted molar refractivity (Wildman–Crippen MR) is 140 cm³/mol. The molecule has 1 amide bonds. The number of hydrogen-bond acceptors (Lipinski definition) is 6. The second-order valence-electron chi connectivity index (χ2n) is 9.22. The lowest BCUT2D eigenvalue weighted by atomic mass is 9.92. The molecule has 2 unspecified atom stereocenters. The van der Waals surface area contributed by atoms with Crippen LogP contribution < -0.4 is 4.72 Å². The van der Waals surface area contributed by atoms with Gasteiger partial charge in [-0.1, -0.05) is 6.07 Å². The van der Waals surface area contributed by atoms with Gasteiger partial charge in [0, 0.05) is 54.2 Å². The summed E-state index contributed by atoms with van der Waals surface area (Å²) >= 11 is 1.48. The number of likely N-dealkylation sites (tertiary alicyclic amines) is 1. The molecule has 3 aromatic rings. The van der Waals surface area contributed by atoms with Crippen molar-refractivity contribution in [1.29, 1.82) is 5.26 Å². The van der Waals surface area contributed by atoms with Crippen molar-refractivity contribution in [3.8, 4) is 6.07 Å². The first-order valence-corrected chi connectivity index (χ1v) is 13.3. The van der Waals surface area contributed by atoms with Crippen molar-refractivity contribution in [1.82, 2.24) is 19.2 Å². The highest BCUT2D eigenvalue weighted by molar-refractivity contribution is 7.97. The summed E-state index contributed by atoms with van der Waals surface area (Å²) < 4.78 is 10.1. The molecule has 2 aromatic heterocycles. The highest BCUT2D eigenvalue weighted by atomic mass is 32.2. The zero-order chi connectivity index (χ0) is 25.3. The third kappa shape index (κ3) is 6.50. The number of piperidine rings is 1. The Hall–Kier alpha value is -3.22. The number of rotatable bonds is 11. The molecule has 1 aromatic carbocycles. The first-order valence-electron chi connectivity index (χ1n) is 12.5. The van der Waals surface area contributed by atoms with Crippen LogP contribution in [0.15, 0.2) is 53.7 Å².